The van der Waals surface area contributed by atoms with E-state index >= 15 is 0 Å². The number of hydrogen-bond donors (Lipinski definition) is 1. The maximum Gasteiger partial charge on any atom is 0.148 e. The minimum absolute atomic E-state index is 0.181. The number of benzene rings is 1. The molecular formula is C17H24N3O+. The number of rotatable bonds is 3. The Labute approximate surface area is 125 Å². The van der Waals surface area contributed by atoms with E-state index < -0.39 is 0 Å². The third kappa shape index (κ3) is 2.36. The summed E-state index contributed by atoms with van der Waals surface area (Å²) < 4.78 is 8.39. The van der Waals surface area contributed by atoms with Crippen LogP contribution >= 0.6 is 0 Å². The van der Waals surface area contributed by atoms with Gasteiger partial charge < -0.3 is 9.64 Å². The number of nitrogens with one attached hydrogen (secondary N) is 1. The van der Waals surface area contributed by atoms with Gasteiger partial charge in [-0.2, -0.15) is 5.10 Å². The zero-order valence-electron chi connectivity index (χ0n) is 12.7. The lowest BCUT2D eigenvalue weighted by Crippen LogP contribution is -3.14. The molecule has 1 aromatic heterocycles. The van der Waals surface area contributed by atoms with Crippen LogP contribution in [0.2, 0.25) is 0 Å². The highest BCUT2D eigenvalue weighted by Crippen LogP contribution is 2.28. The van der Waals surface area contributed by atoms with E-state index in [1.807, 2.05) is 0 Å². The Bertz CT molecular complexity index is 632. The van der Waals surface area contributed by atoms with Crippen molar-refractivity contribution in [3.63, 3.8) is 0 Å². The molecule has 2 aromatic rings. The number of aryl methyl sites for hydroxylation is 1. The molecule has 2 unspecified atom stereocenters. The van der Waals surface area contributed by atoms with Crippen LogP contribution < -0.4 is 4.90 Å². The van der Waals surface area contributed by atoms with E-state index in [1.165, 1.54) is 30.3 Å². The van der Waals surface area contributed by atoms with Gasteiger partial charge >= 0.3 is 0 Å². The molecule has 0 radical (unpaired) electrons. The number of nitrogens with zero attached hydrogens (tertiary/aromatic N) is 2. The monoisotopic (exact) mass is 286 g/mol. The van der Waals surface area contributed by atoms with Crippen molar-refractivity contribution in [3.05, 3.63) is 30.0 Å². The molecule has 2 atom stereocenters. The zero-order chi connectivity index (χ0) is 14.2. The van der Waals surface area contributed by atoms with E-state index in [-0.39, 0.29) is 6.10 Å². The van der Waals surface area contributed by atoms with E-state index in [2.05, 4.69) is 36.0 Å². The van der Waals surface area contributed by atoms with E-state index in [0.717, 1.165) is 37.7 Å². The summed E-state index contributed by atoms with van der Waals surface area (Å²) in [5, 5.41) is 6.05. The van der Waals surface area contributed by atoms with Gasteiger partial charge in [-0.3, -0.25) is 4.68 Å². The van der Waals surface area contributed by atoms with Crippen LogP contribution in [-0.2, 0) is 11.3 Å². The van der Waals surface area contributed by atoms with Crippen LogP contribution in [0.25, 0.3) is 10.9 Å². The van der Waals surface area contributed by atoms with Gasteiger partial charge in [-0.1, -0.05) is 18.2 Å². The van der Waals surface area contributed by atoms with Gasteiger partial charge in [0.25, 0.3) is 0 Å². The summed E-state index contributed by atoms with van der Waals surface area (Å²) >= 11 is 0. The predicted octanol–water partition coefficient (Wildman–Crippen LogP) is 1.56. The second-order valence-corrected chi connectivity index (χ2v) is 6.52. The van der Waals surface area contributed by atoms with E-state index in [9.17, 15) is 0 Å². The predicted molar refractivity (Wildman–Crippen MR) is 82.4 cm³/mol. The van der Waals surface area contributed by atoms with Gasteiger partial charge in [-0.25, -0.2) is 0 Å². The molecule has 1 N–H and O–H groups in total. The standard InChI is InChI=1S/C17H23N3O/c1-19(13-6-4-7-13)12-16-17-14-8-2-3-9-15(14)18-20(17)10-5-11-21-16/h2-3,8-9,13,16H,4-7,10-12H2,1H3/p+1. The molecule has 2 aliphatic rings. The van der Waals surface area contributed by atoms with Crippen LogP contribution in [0.5, 0.6) is 0 Å². The largest absolute Gasteiger partial charge is 0.366 e. The van der Waals surface area contributed by atoms with E-state index in [0.29, 0.717) is 0 Å². The van der Waals surface area contributed by atoms with Crippen molar-refractivity contribution in [1.29, 1.82) is 0 Å². The second kappa shape index (κ2) is 5.43. The third-order valence-corrected chi connectivity index (χ3v) is 5.13. The molecule has 0 saturated heterocycles. The molecule has 112 valence electrons. The summed E-state index contributed by atoms with van der Waals surface area (Å²) in [5.41, 5.74) is 2.39. The smallest absolute Gasteiger partial charge is 0.148 e. The molecule has 1 aliphatic carbocycles. The minimum atomic E-state index is 0.181. The average Bonchev–Trinajstić information content (AvgIpc) is 2.67. The highest BCUT2D eigenvalue weighted by atomic mass is 16.5. The third-order valence-electron chi connectivity index (χ3n) is 5.13. The first kappa shape index (κ1) is 13.3. The molecule has 1 aromatic carbocycles. The highest BCUT2D eigenvalue weighted by Gasteiger charge is 2.31. The van der Waals surface area contributed by atoms with Crippen molar-refractivity contribution in [1.82, 2.24) is 9.78 Å². The molecule has 4 nitrogen and oxygen atoms in total. The van der Waals surface area contributed by atoms with Gasteiger partial charge in [-0.05, 0) is 31.7 Å². The van der Waals surface area contributed by atoms with Crippen molar-refractivity contribution in [3.8, 4) is 0 Å². The van der Waals surface area contributed by atoms with Gasteiger partial charge in [0.2, 0.25) is 0 Å². The number of hydrogen-bond acceptors (Lipinski definition) is 2. The Morgan fingerprint density at radius 2 is 2.14 bits per heavy atom. The van der Waals surface area contributed by atoms with Crippen molar-refractivity contribution in [2.75, 3.05) is 20.2 Å². The SMILES string of the molecule is C[NH+](CC1OCCCn2nc3ccccc3c21)C1CCC1. The second-order valence-electron chi connectivity index (χ2n) is 6.52. The first-order valence-corrected chi connectivity index (χ1v) is 8.22. The van der Waals surface area contributed by atoms with Gasteiger partial charge in [0.15, 0.2) is 0 Å². The summed E-state index contributed by atoms with van der Waals surface area (Å²) in [5.74, 6) is 0. The van der Waals surface area contributed by atoms with Gasteiger partial charge in [0.1, 0.15) is 12.6 Å². The van der Waals surface area contributed by atoms with Crippen LogP contribution in [0.15, 0.2) is 24.3 Å². The molecule has 1 aliphatic heterocycles. The first-order chi connectivity index (χ1) is 10.3. The van der Waals surface area contributed by atoms with Crippen LogP contribution in [0.3, 0.4) is 0 Å². The molecule has 4 rings (SSSR count). The molecular weight excluding hydrogens is 262 g/mol. The lowest BCUT2D eigenvalue weighted by atomic mass is 9.91. The highest BCUT2D eigenvalue weighted by molar-refractivity contribution is 5.81. The molecule has 0 amide bonds. The average molecular weight is 286 g/mol. The molecule has 2 heterocycles. The number of aromatic nitrogens is 2. The topological polar surface area (TPSA) is 31.5 Å². The van der Waals surface area contributed by atoms with Crippen molar-refractivity contribution in [2.45, 2.75) is 44.4 Å². The summed E-state index contributed by atoms with van der Waals surface area (Å²) in [6.45, 7) is 2.88. The molecule has 21 heavy (non-hydrogen) atoms. The fourth-order valence-electron chi connectivity index (χ4n) is 3.65. The Kier molecular flexibility index (Phi) is 3.43. The molecule has 1 saturated carbocycles. The number of likely N-dealkylation sites (N-methyl/N-ethyl adjacent to an activating group) is 1. The van der Waals surface area contributed by atoms with E-state index in [4.69, 9.17) is 9.84 Å². The van der Waals surface area contributed by atoms with Crippen LogP contribution in [0.4, 0.5) is 0 Å². The number of ether oxygens (including phenoxy) is 1. The Balaban J connectivity index is 1.68. The molecule has 0 spiro atoms. The van der Waals surface area contributed by atoms with Crippen molar-refractivity contribution < 1.29 is 9.64 Å². The lowest BCUT2D eigenvalue weighted by molar-refractivity contribution is -0.915. The van der Waals surface area contributed by atoms with Crippen molar-refractivity contribution in [2.24, 2.45) is 0 Å². The zero-order valence-corrected chi connectivity index (χ0v) is 12.7. The van der Waals surface area contributed by atoms with Crippen LogP contribution in [0, 0.1) is 0 Å². The lowest BCUT2D eigenvalue weighted by Gasteiger charge is -2.33. The molecule has 1 fully saturated rings. The Morgan fingerprint density at radius 3 is 2.95 bits per heavy atom. The fourth-order valence-corrected chi connectivity index (χ4v) is 3.65. The molecule has 4 heteroatoms. The van der Waals surface area contributed by atoms with Gasteiger partial charge in [0, 0.05) is 18.5 Å². The van der Waals surface area contributed by atoms with E-state index in [1.54, 1.807) is 4.90 Å². The van der Waals surface area contributed by atoms with Crippen molar-refractivity contribution >= 4 is 10.9 Å². The normalized spacial score (nSPS) is 24.3. The maximum atomic E-state index is 6.20. The van der Waals surface area contributed by atoms with Crippen LogP contribution in [-0.4, -0.2) is 36.0 Å². The Morgan fingerprint density at radius 1 is 1.29 bits per heavy atom. The fraction of sp³-hybridized carbons (Fsp3) is 0.588. The van der Waals surface area contributed by atoms with Crippen LogP contribution in [0.1, 0.15) is 37.5 Å². The number of quaternary nitrogens is 1. The molecule has 0 bridgehead atoms. The van der Waals surface area contributed by atoms with Gasteiger partial charge in [-0.15, -0.1) is 0 Å². The quantitative estimate of drug-likeness (QED) is 0.928. The van der Waals surface area contributed by atoms with Gasteiger partial charge in [0.05, 0.1) is 24.3 Å². The summed E-state index contributed by atoms with van der Waals surface area (Å²) in [4.78, 5) is 1.62. The number of fused-ring (bicyclic) bond motifs is 3. The maximum absolute atomic E-state index is 6.20. The summed E-state index contributed by atoms with van der Waals surface area (Å²) in [6, 6.07) is 9.30. The summed E-state index contributed by atoms with van der Waals surface area (Å²) in [6.07, 6.45) is 5.38. The minimum Gasteiger partial charge on any atom is -0.366 e. The summed E-state index contributed by atoms with van der Waals surface area (Å²) in [7, 11) is 2.32. The first-order valence-electron chi connectivity index (χ1n) is 8.22. The Hall–Kier alpha value is -1.39.